The molecule has 0 heterocycles. The second-order valence-electron chi connectivity index (χ2n) is 6.40. The Balaban J connectivity index is 2.51. The summed E-state index contributed by atoms with van der Waals surface area (Å²) in [7, 11) is -0.434. The fourth-order valence-electron chi connectivity index (χ4n) is 2.45. The van der Waals surface area contributed by atoms with Crippen molar-refractivity contribution in [3.8, 4) is 5.75 Å². The van der Waals surface area contributed by atoms with Gasteiger partial charge in [0.25, 0.3) is 5.91 Å². The lowest BCUT2D eigenvalue weighted by Crippen LogP contribution is -2.23. The van der Waals surface area contributed by atoms with Crippen LogP contribution in [0.3, 0.4) is 0 Å². The summed E-state index contributed by atoms with van der Waals surface area (Å²) < 4.78 is 108. The first-order valence-electron chi connectivity index (χ1n) is 8.28. The molecule has 6 nitrogen and oxygen atoms in total. The zero-order valence-corrected chi connectivity index (χ0v) is 17.0. The molecule has 170 valence electrons. The molecule has 0 unspecified atom stereocenters. The molecule has 2 aromatic rings. The number of nitrogens with one attached hydrogen (secondary N) is 1. The highest BCUT2D eigenvalue weighted by atomic mass is 32.2. The number of carbonyl (C=O) groups is 1. The molecule has 2 rings (SSSR count). The van der Waals surface area contributed by atoms with E-state index in [2.05, 4.69) is 0 Å². The normalized spacial score (nSPS) is 12.7. The minimum Gasteiger partial charge on any atom is -0.495 e. The van der Waals surface area contributed by atoms with Gasteiger partial charge >= 0.3 is 12.4 Å². The van der Waals surface area contributed by atoms with Crippen molar-refractivity contribution in [2.75, 3.05) is 26.5 Å². The standard InChI is InChI=1S/C18H16F6N2O4S/c1-26(2)31(28,29)15-6-10(4-5-14(15)30-3)16(27)25-13-8-11(17(19,20)21)7-12(9-13)18(22,23)24/h4-9H,1-3H3,(H,25,27). The minimum absolute atomic E-state index is 0.0786. The number of hydrogen-bond acceptors (Lipinski definition) is 4. The number of ether oxygens (including phenoxy) is 1. The molecule has 2 aromatic carbocycles. The van der Waals surface area contributed by atoms with Crippen LogP contribution in [0, 0.1) is 0 Å². The van der Waals surface area contributed by atoms with Gasteiger partial charge in [-0.25, -0.2) is 12.7 Å². The van der Waals surface area contributed by atoms with Gasteiger partial charge in [-0.15, -0.1) is 0 Å². The van der Waals surface area contributed by atoms with Gasteiger partial charge in [-0.05, 0) is 36.4 Å². The highest BCUT2D eigenvalue weighted by molar-refractivity contribution is 7.89. The molecular formula is C18H16F6N2O4S. The number of carbonyl (C=O) groups excluding carboxylic acids is 1. The van der Waals surface area contributed by atoms with E-state index in [1.807, 2.05) is 5.32 Å². The molecule has 0 aliphatic rings. The maximum atomic E-state index is 13.0. The molecule has 0 bridgehead atoms. The van der Waals surface area contributed by atoms with E-state index >= 15 is 0 Å². The molecule has 0 saturated heterocycles. The molecule has 0 radical (unpaired) electrons. The van der Waals surface area contributed by atoms with E-state index in [0.717, 1.165) is 22.5 Å². The van der Waals surface area contributed by atoms with Crippen molar-refractivity contribution in [3.63, 3.8) is 0 Å². The zero-order valence-electron chi connectivity index (χ0n) is 16.2. The Hall–Kier alpha value is -2.80. The number of alkyl halides is 6. The van der Waals surface area contributed by atoms with Crippen LogP contribution in [0.4, 0.5) is 32.0 Å². The second kappa shape index (κ2) is 8.38. The number of amides is 1. The summed E-state index contributed by atoms with van der Waals surface area (Å²) in [6.07, 6.45) is -10.2. The summed E-state index contributed by atoms with van der Waals surface area (Å²) in [6.45, 7) is 0. The Labute approximate surface area is 173 Å². The Morgan fingerprint density at radius 2 is 1.45 bits per heavy atom. The van der Waals surface area contributed by atoms with E-state index in [9.17, 15) is 39.6 Å². The van der Waals surface area contributed by atoms with Gasteiger partial charge in [-0.1, -0.05) is 0 Å². The van der Waals surface area contributed by atoms with Gasteiger partial charge in [-0.3, -0.25) is 4.79 Å². The van der Waals surface area contributed by atoms with Crippen molar-refractivity contribution in [3.05, 3.63) is 53.1 Å². The van der Waals surface area contributed by atoms with Crippen molar-refractivity contribution in [2.45, 2.75) is 17.2 Å². The second-order valence-corrected chi connectivity index (χ2v) is 8.52. The van der Waals surface area contributed by atoms with E-state index in [1.165, 1.54) is 21.2 Å². The van der Waals surface area contributed by atoms with Crippen molar-refractivity contribution in [1.29, 1.82) is 0 Å². The molecule has 0 aliphatic heterocycles. The number of anilines is 1. The van der Waals surface area contributed by atoms with Crippen LogP contribution >= 0.6 is 0 Å². The first-order chi connectivity index (χ1) is 14.1. The van der Waals surface area contributed by atoms with Crippen molar-refractivity contribution in [1.82, 2.24) is 4.31 Å². The van der Waals surface area contributed by atoms with Crippen LogP contribution in [0.2, 0.25) is 0 Å². The fourth-order valence-corrected chi connectivity index (χ4v) is 3.52. The van der Waals surface area contributed by atoms with E-state index in [4.69, 9.17) is 4.74 Å². The number of benzene rings is 2. The van der Waals surface area contributed by atoms with Gasteiger partial charge in [0.2, 0.25) is 10.0 Å². The van der Waals surface area contributed by atoms with E-state index in [1.54, 1.807) is 0 Å². The number of sulfonamides is 1. The van der Waals surface area contributed by atoms with Gasteiger partial charge in [0.05, 0.1) is 18.2 Å². The Bertz CT molecular complexity index is 1060. The third-order valence-corrected chi connectivity index (χ3v) is 5.87. The molecule has 1 amide bonds. The first-order valence-corrected chi connectivity index (χ1v) is 9.72. The molecule has 0 aromatic heterocycles. The molecule has 0 aliphatic carbocycles. The highest BCUT2D eigenvalue weighted by Gasteiger charge is 2.37. The summed E-state index contributed by atoms with van der Waals surface area (Å²) >= 11 is 0. The molecule has 0 saturated carbocycles. The molecule has 0 fully saturated rings. The summed E-state index contributed by atoms with van der Waals surface area (Å²) in [5, 5.41) is 1.94. The highest BCUT2D eigenvalue weighted by Crippen LogP contribution is 2.37. The third kappa shape index (κ3) is 5.47. The molecular weight excluding hydrogens is 454 g/mol. The third-order valence-electron chi connectivity index (χ3n) is 4.03. The van der Waals surface area contributed by atoms with Gasteiger partial charge in [0, 0.05) is 25.3 Å². The zero-order chi connectivity index (χ0) is 23.8. The van der Waals surface area contributed by atoms with Crippen molar-refractivity contribution < 1.29 is 44.3 Å². The van der Waals surface area contributed by atoms with Crippen LogP contribution in [0.25, 0.3) is 0 Å². The average molecular weight is 470 g/mol. The summed E-state index contributed by atoms with van der Waals surface area (Å²) in [4.78, 5) is 12.1. The SMILES string of the molecule is COc1ccc(C(=O)Nc2cc(C(F)(F)F)cc(C(F)(F)F)c2)cc1S(=O)(=O)N(C)C. The maximum absolute atomic E-state index is 13.0. The molecule has 31 heavy (non-hydrogen) atoms. The molecule has 1 N–H and O–H groups in total. The lowest BCUT2D eigenvalue weighted by Gasteiger charge is -2.16. The maximum Gasteiger partial charge on any atom is 0.416 e. The predicted octanol–water partition coefficient (Wildman–Crippen LogP) is 4.24. The summed E-state index contributed by atoms with van der Waals surface area (Å²) in [5.41, 5.74) is -4.31. The van der Waals surface area contributed by atoms with Crippen molar-refractivity contribution in [2.24, 2.45) is 0 Å². The Morgan fingerprint density at radius 1 is 0.935 bits per heavy atom. The Kier molecular flexibility index (Phi) is 6.62. The van der Waals surface area contributed by atoms with Crippen LogP contribution in [0.5, 0.6) is 5.75 Å². The number of nitrogens with zero attached hydrogens (tertiary/aromatic N) is 1. The lowest BCUT2D eigenvalue weighted by molar-refractivity contribution is -0.143. The van der Waals surface area contributed by atoms with E-state index in [-0.39, 0.29) is 17.4 Å². The predicted molar refractivity (Wildman–Crippen MR) is 98.3 cm³/mol. The lowest BCUT2D eigenvalue weighted by atomic mass is 10.1. The van der Waals surface area contributed by atoms with Crippen LogP contribution in [-0.2, 0) is 22.4 Å². The fraction of sp³-hybridized carbons (Fsp3) is 0.278. The molecule has 0 spiro atoms. The van der Waals surface area contributed by atoms with E-state index in [0.29, 0.717) is 12.1 Å². The minimum atomic E-state index is -5.09. The van der Waals surface area contributed by atoms with Crippen molar-refractivity contribution >= 4 is 21.6 Å². The number of methoxy groups -OCH3 is 1. The average Bonchev–Trinajstić information content (AvgIpc) is 2.65. The van der Waals surface area contributed by atoms with Crippen LogP contribution in [0.1, 0.15) is 21.5 Å². The first kappa shape index (κ1) is 24.5. The smallest absolute Gasteiger partial charge is 0.416 e. The number of rotatable bonds is 5. The van der Waals surface area contributed by atoms with Gasteiger partial charge in [-0.2, -0.15) is 26.3 Å². The molecule has 13 heteroatoms. The van der Waals surface area contributed by atoms with Gasteiger partial charge in [0.1, 0.15) is 10.6 Å². The number of halogens is 6. The quantitative estimate of drug-likeness (QED) is 0.664. The van der Waals surface area contributed by atoms with Crippen LogP contribution in [-0.4, -0.2) is 39.8 Å². The van der Waals surface area contributed by atoms with Gasteiger partial charge in [0.15, 0.2) is 0 Å². The van der Waals surface area contributed by atoms with Crippen LogP contribution < -0.4 is 10.1 Å². The Morgan fingerprint density at radius 3 is 1.87 bits per heavy atom. The summed E-state index contributed by atoms with van der Waals surface area (Å²) in [5.74, 6) is -1.23. The largest absolute Gasteiger partial charge is 0.495 e. The summed E-state index contributed by atoms with van der Waals surface area (Å²) in [6, 6.07) is 3.76. The van der Waals surface area contributed by atoms with Gasteiger partial charge < -0.3 is 10.1 Å². The number of hydrogen-bond donors (Lipinski definition) is 1. The molecule has 0 atom stereocenters. The van der Waals surface area contributed by atoms with Crippen LogP contribution in [0.15, 0.2) is 41.3 Å². The monoisotopic (exact) mass is 470 g/mol. The van der Waals surface area contributed by atoms with E-state index < -0.39 is 50.0 Å². The topological polar surface area (TPSA) is 75.7 Å².